The molecule has 162 valence electrons. The molecule has 0 N–H and O–H groups in total. The number of pyridine rings is 1. The molecule has 5 heterocycles. The molecule has 0 spiro atoms. The van der Waals surface area contributed by atoms with E-state index in [-0.39, 0.29) is 18.4 Å². The average Bonchev–Trinajstić information content (AvgIpc) is 3.43. The van der Waals surface area contributed by atoms with Crippen LogP contribution in [0.1, 0.15) is 43.4 Å². The molecule has 4 aromatic heterocycles. The van der Waals surface area contributed by atoms with Gasteiger partial charge in [0.25, 0.3) is 11.8 Å². The second kappa shape index (κ2) is 7.06. The summed E-state index contributed by atoms with van der Waals surface area (Å²) in [5, 5.41) is 5.41. The van der Waals surface area contributed by atoms with E-state index in [0.717, 1.165) is 27.9 Å². The van der Waals surface area contributed by atoms with Crippen molar-refractivity contribution in [3.05, 3.63) is 88.9 Å². The van der Waals surface area contributed by atoms with Gasteiger partial charge in [0, 0.05) is 24.6 Å². The molecule has 2 amide bonds. The summed E-state index contributed by atoms with van der Waals surface area (Å²) in [5.41, 5.74) is 5.57. The third-order valence-electron chi connectivity index (χ3n) is 6.26. The summed E-state index contributed by atoms with van der Waals surface area (Å²) in [6.45, 7) is 4.77. The Morgan fingerprint density at radius 2 is 1.58 bits per heavy atom. The Kier molecular flexibility index (Phi) is 4.13. The number of imide groups is 1. The van der Waals surface area contributed by atoms with E-state index in [2.05, 4.69) is 26.6 Å². The first-order valence-corrected chi connectivity index (χ1v) is 10.6. The maximum atomic E-state index is 12.7. The molecule has 0 radical (unpaired) electrons. The first-order valence-electron chi connectivity index (χ1n) is 10.6. The van der Waals surface area contributed by atoms with Gasteiger partial charge in [-0.1, -0.05) is 12.1 Å². The van der Waals surface area contributed by atoms with Crippen molar-refractivity contribution >= 4 is 28.5 Å². The molecule has 0 bridgehead atoms. The summed E-state index contributed by atoms with van der Waals surface area (Å²) >= 11 is 0. The Morgan fingerprint density at radius 3 is 2.27 bits per heavy atom. The van der Waals surface area contributed by atoms with E-state index in [1.165, 1.54) is 4.90 Å². The molecule has 0 unspecified atom stereocenters. The van der Waals surface area contributed by atoms with E-state index >= 15 is 0 Å². The highest BCUT2D eigenvalue weighted by atomic mass is 16.2. The van der Waals surface area contributed by atoms with E-state index in [1.807, 2.05) is 19.1 Å². The molecule has 0 aliphatic carbocycles. The molecule has 0 fully saturated rings. The van der Waals surface area contributed by atoms with Crippen LogP contribution >= 0.6 is 0 Å². The lowest BCUT2D eigenvalue weighted by molar-refractivity contribution is 0.0638. The largest absolute Gasteiger partial charge is 0.325 e. The summed E-state index contributed by atoms with van der Waals surface area (Å²) in [5.74, 6) is -0.265. The Morgan fingerprint density at radius 1 is 0.879 bits per heavy atom. The van der Waals surface area contributed by atoms with Crippen molar-refractivity contribution in [2.75, 3.05) is 0 Å². The predicted molar refractivity (Wildman–Crippen MR) is 120 cm³/mol. The second-order valence-corrected chi connectivity index (χ2v) is 8.13. The van der Waals surface area contributed by atoms with E-state index in [0.29, 0.717) is 29.1 Å². The zero-order chi connectivity index (χ0) is 22.7. The van der Waals surface area contributed by atoms with Gasteiger partial charge < -0.3 is 4.57 Å². The van der Waals surface area contributed by atoms with Gasteiger partial charge in [0.05, 0.1) is 23.1 Å². The SMILES string of the molecule is Cc1c(C)n(Cc2ccncc2)c2ncn3nc(CN4C(=O)c5ccccc5C4=O)nc3c12. The van der Waals surface area contributed by atoms with Gasteiger partial charge in [-0.05, 0) is 49.2 Å². The molecule has 0 atom stereocenters. The molecule has 6 rings (SSSR count). The summed E-state index contributed by atoms with van der Waals surface area (Å²) in [4.78, 5) is 40.1. The second-order valence-electron chi connectivity index (χ2n) is 8.13. The number of aryl methyl sites for hydroxylation is 1. The predicted octanol–water partition coefficient (Wildman–Crippen LogP) is 2.94. The first-order chi connectivity index (χ1) is 16.0. The highest BCUT2D eigenvalue weighted by molar-refractivity contribution is 6.21. The molecule has 1 aliphatic rings. The van der Waals surface area contributed by atoms with Gasteiger partial charge in [0.1, 0.15) is 12.0 Å². The number of hydrogen-bond acceptors (Lipinski definition) is 6. The fraction of sp³-hybridized carbons (Fsp3) is 0.167. The average molecular weight is 437 g/mol. The van der Waals surface area contributed by atoms with Crippen molar-refractivity contribution in [1.29, 1.82) is 0 Å². The minimum atomic E-state index is -0.326. The minimum absolute atomic E-state index is 0.00523. The van der Waals surface area contributed by atoms with Crippen molar-refractivity contribution in [1.82, 2.24) is 34.0 Å². The smallest absolute Gasteiger partial charge is 0.261 e. The number of carbonyl (C=O) groups excluding carboxylic acids is 2. The number of hydrogen-bond donors (Lipinski definition) is 0. The standard InChI is InChI=1S/C24H19N7O2/c1-14-15(2)29(11-16-7-9-25-10-8-16)21-20(14)22-27-19(28-31(22)13-26-21)12-30-23(32)17-5-3-4-6-18(17)24(30)33/h3-10,13H,11-12H2,1-2H3. The maximum absolute atomic E-state index is 12.7. The van der Waals surface area contributed by atoms with Crippen LogP contribution in [-0.4, -0.2) is 45.8 Å². The Bertz CT molecular complexity index is 1550. The van der Waals surface area contributed by atoms with Gasteiger partial charge in [-0.2, -0.15) is 0 Å². The molecule has 9 heteroatoms. The molecular formula is C24H19N7O2. The Labute approximate surface area is 188 Å². The van der Waals surface area contributed by atoms with Gasteiger partial charge in [0.15, 0.2) is 11.5 Å². The third kappa shape index (κ3) is 2.85. The number of rotatable bonds is 4. The van der Waals surface area contributed by atoms with Crippen LogP contribution in [0.4, 0.5) is 0 Å². The Balaban J connectivity index is 1.41. The van der Waals surface area contributed by atoms with Crippen LogP contribution in [-0.2, 0) is 13.1 Å². The molecule has 9 nitrogen and oxygen atoms in total. The van der Waals surface area contributed by atoms with Crippen LogP contribution in [0.15, 0.2) is 55.1 Å². The molecule has 1 aliphatic heterocycles. The number of carbonyl (C=O) groups is 2. The topological polar surface area (TPSA) is 98.3 Å². The first kappa shape index (κ1) is 19.3. The van der Waals surface area contributed by atoms with Crippen LogP contribution in [0.2, 0.25) is 0 Å². The van der Waals surface area contributed by atoms with Gasteiger partial charge >= 0.3 is 0 Å². The zero-order valence-corrected chi connectivity index (χ0v) is 18.1. The van der Waals surface area contributed by atoms with Gasteiger partial charge in [-0.3, -0.25) is 19.5 Å². The molecule has 5 aromatic rings. The molecule has 0 saturated carbocycles. The molecule has 1 aromatic carbocycles. The molecular weight excluding hydrogens is 418 g/mol. The van der Waals surface area contributed by atoms with Crippen LogP contribution in [0, 0.1) is 13.8 Å². The Hall–Kier alpha value is -4.40. The lowest BCUT2D eigenvalue weighted by Gasteiger charge is -2.10. The van der Waals surface area contributed by atoms with Crippen molar-refractivity contribution in [2.45, 2.75) is 26.9 Å². The van der Waals surface area contributed by atoms with Crippen LogP contribution in [0.3, 0.4) is 0 Å². The highest BCUT2D eigenvalue weighted by Crippen LogP contribution is 2.28. The number of aromatic nitrogens is 6. The van der Waals surface area contributed by atoms with Crippen LogP contribution in [0.5, 0.6) is 0 Å². The summed E-state index contributed by atoms with van der Waals surface area (Å²) in [7, 11) is 0. The van der Waals surface area contributed by atoms with Crippen molar-refractivity contribution in [3.63, 3.8) is 0 Å². The maximum Gasteiger partial charge on any atom is 0.261 e. The highest BCUT2D eigenvalue weighted by Gasteiger charge is 2.36. The van der Waals surface area contributed by atoms with Crippen molar-refractivity contribution in [2.24, 2.45) is 0 Å². The van der Waals surface area contributed by atoms with Crippen LogP contribution < -0.4 is 0 Å². The summed E-state index contributed by atoms with van der Waals surface area (Å²) < 4.78 is 3.76. The van der Waals surface area contributed by atoms with E-state index in [9.17, 15) is 9.59 Å². The van der Waals surface area contributed by atoms with E-state index in [1.54, 1.807) is 47.5 Å². The molecule has 0 saturated heterocycles. The van der Waals surface area contributed by atoms with Crippen molar-refractivity contribution in [3.8, 4) is 0 Å². The molecule has 33 heavy (non-hydrogen) atoms. The van der Waals surface area contributed by atoms with E-state index < -0.39 is 0 Å². The number of benzene rings is 1. The van der Waals surface area contributed by atoms with Gasteiger partial charge in [0.2, 0.25) is 0 Å². The third-order valence-corrected chi connectivity index (χ3v) is 6.26. The fourth-order valence-corrected chi connectivity index (χ4v) is 4.43. The zero-order valence-electron chi connectivity index (χ0n) is 18.1. The van der Waals surface area contributed by atoms with Gasteiger partial charge in [-0.15, -0.1) is 5.10 Å². The quantitative estimate of drug-likeness (QED) is 0.401. The minimum Gasteiger partial charge on any atom is -0.325 e. The van der Waals surface area contributed by atoms with E-state index in [4.69, 9.17) is 4.98 Å². The summed E-state index contributed by atoms with van der Waals surface area (Å²) in [6, 6.07) is 10.8. The lowest BCUT2D eigenvalue weighted by Crippen LogP contribution is -2.29. The van der Waals surface area contributed by atoms with Crippen LogP contribution in [0.25, 0.3) is 16.7 Å². The number of fused-ring (bicyclic) bond motifs is 4. The number of amides is 2. The van der Waals surface area contributed by atoms with Gasteiger partial charge in [-0.25, -0.2) is 14.5 Å². The van der Waals surface area contributed by atoms with Crippen molar-refractivity contribution < 1.29 is 9.59 Å². The monoisotopic (exact) mass is 437 g/mol. The fourth-order valence-electron chi connectivity index (χ4n) is 4.43. The summed E-state index contributed by atoms with van der Waals surface area (Å²) in [6.07, 6.45) is 5.18. The lowest BCUT2D eigenvalue weighted by atomic mass is 10.1. The normalized spacial score (nSPS) is 13.5. The number of nitrogens with zero attached hydrogens (tertiary/aromatic N) is 7.